The van der Waals surface area contributed by atoms with Crippen molar-refractivity contribution in [3.63, 3.8) is 0 Å². The first kappa shape index (κ1) is 18.2. The Balaban J connectivity index is 1.42. The number of carbonyl (C=O) groups is 1. The molecule has 2 aromatic carbocycles. The molecule has 0 saturated carbocycles. The van der Waals surface area contributed by atoms with E-state index in [9.17, 15) is 4.79 Å². The number of anilines is 1. The van der Waals surface area contributed by atoms with E-state index in [0.717, 1.165) is 43.4 Å². The molecule has 1 amide bonds. The first-order valence-corrected chi connectivity index (χ1v) is 9.09. The normalized spacial score (nSPS) is 15.9. The fraction of sp³-hybridized carbons (Fsp3) is 0.316. The van der Waals surface area contributed by atoms with Crippen LogP contribution in [0.2, 0.25) is 10.0 Å². The molecule has 6 heteroatoms. The SMILES string of the molecule is O=C(CN1CCN(Cc2cccc(Cl)c2)CC1)Nc1ccc(Cl)cc1. The predicted octanol–water partition coefficient (Wildman–Crippen LogP) is 3.75. The summed E-state index contributed by atoms with van der Waals surface area (Å²) in [4.78, 5) is 16.7. The molecule has 0 bridgehead atoms. The van der Waals surface area contributed by atoms with Crippen molar-refractivity contribution in [1.82, 2.24) is 9.80 Å². The van der Waals surface area contributed by atoms with Crippen LogP contribution in [0.3, 0.4) is 0 Å². The highest BCUT2D eigenvalue weighted by atomic mass is 35.5. The van der Waals surface area contributed by atoms with Crippen molar-refractivity contribution in [2.45, 2.75) is 6.54 Å². The van der Waals surface area contributed by atoms with Crippen LogP contribution in [0.1, 0.15) is 5.56 Å². The molecule has 25 heavy (non-hydrogen) atoms. The minimum absolute atomic E-state index is 0.00520. The highest BCUT2D eigenvalue weighted by Crippen LogP contribution is 2.15. The Labute approximate surface area is 158 Å². The third-order valence-electron chi connectivity index (χ3n) is 4.26. The van der Waals surface area contributed by atoms with Crippen LogP contribution < -0.4 is 5.32 Å². The van der Waals surface area contributed by atoms with Gasteiger partial charge in [-0.2, -0.15) is 0 Å². The maximum Gasteiger partial charge on any atom is 0.238 e. The van der Waals surface area contributed by atoms with Crippen LogP contribution in [0, 0.1) is 0 Å². The van der Waals surface area contributed by atoms with E-state index >= 15 is 0 Å². The second-order valence-corrected chi connectivity index (χ2v) is 7.11. The lowest BCUT2D eigenvalue weighted by Crippen LogP contribution is -2.48. The fourth-order valence-corrected chi connectivity index (χ4v) is 3.27. The zero-order valence-electron chi connectivity index (χ0n) is 13.9. The molecule has 132 valence electrons. The summed E-state index contributed by atoms with van der Waals surface area (Å²) in [5.74, 6) is 0.00520. The van der Waals surface area contributed by atoms with Crippen LogP contribution in [0.5, 0.6) is 0 Å². The zero-order chi connectivity index (χ0) is 17.6. The number of halogens is 2. The van der Waals surface area contributed by atoms with E-state index in [1.807, 2.05) is 30.3 Å². The number of nitrogens with zero attached hydrogens (tertiary/aromatic N) is 2. The van der Waals surface area contributed by atoms with E-state index in [1.54, 1.807) is 12.1 Å². The summed E-state index contributed by atoms with van der Waals surface area (Å²) in [6, 6.07) is 15.1. The molecule has 1 aliphatic heterocycles. The van der Waals surface area contributed by atoms with Gasteiger partial charge in [-0.15, -0.1) is 0 Å². The molecule has 3 rings (SSSR count). The Bertz CT molecular complexity index is 713. The Morgan fingerprint density at radius 1 is 0.920 bits per heavy atom. The largest absolute Gasteiger partial charge is 0.325 e. The van der Waals surface area contributed by atoms with E-state index in [2.05, 4.69) is 21.2 Å². The highest BCUT2D eigenvalue weighted by molar-refractivity contribution is 6.30. The van der Waals surface area contributed by atoms with Gasteiger partial charge < -0.3 is 5.32 Å². The van der Waals surface area contributed by atoms with E-state index < -0.39 is 0 Å². The van der Waals surface area contributed by atoms with E-state index in [1.165, 1.54) is 5.56 Å². The summed E-state index contributed by atoms with van der Waals surface area (Å²) >= 11 is 11.9. The number of rotatable bonds is 5. The average Bonchev–Trinajstić information content (AvgIpc) is 2.59. The Kier molecular flexibility index (Phi) is 6.32. The topological polar surface area (TPSA) is 35.6 Å². The lowest BCUT2D eigenvalue weighted by molar-refractivity contribution is -0.117. The lowest BCUT2D eigenvalue weighted by Gasteiger charge is -2.34. The van der Waals surface area contributed by atoms with Gasteiger partial charge in [-0.1, -0.05) is 35.3 Å². The molecular weight excluding hydrogens is 357 g/mol. The average molecular weight is 378 g/mol. The number of nitrogens with one attached hydrogen (secondary N) is 1. The highest BCUT2D eigenvalue weighted by Gasteiger charge is 2.19. The molecule has 0 radical (unpaired) electrons. The van der Waals surface area contributed by atoms with Crippen molar-refractivity contribution in [3.05, 3.63) is 64.1 Å². The molecule has 1 saturated heterocycles. The number of benzene rings is 2. The van der Waals surface area contributed by atoms with Crippen LogP contribution in [0.25, 0.3) is 0 Å². The molecule has 0 aliphatic carbocycles. The summed E-state index contributed by atoms with van der Waals surface area (Å²) in [6.45, 7) is 4.96. The number of hydrogen-bond donors (Lipinski definition) is 1. The number of amides is 1. The smallest absolute Gasteiger partial charge is 0.238 e. The maximum absolute atomic E-state index is 12.2. The van der Waals surface area contributed by atoms with E-state index in [0.29, 0.717) is 11.6 Å². The lowest BCUT2D eigenvalue weighted by atomic mass is 10.2. The van der Waals surface area contributed by atoms with Gasteiger partial charge in [0.1, 0.15) is 0 Å². The van der Waals surface area contributed by atoms with E-state index in [-0.39, 0.29) is 5.91 Å². The van der Waals surface area contributed by atoms with Crippen molar-refractivity contribution in [3.8, 4) is 0 Å². The molecular formula is C19H21Cl2N3O. The van der Waals surface area contributed by atoms with Crippen molar-refractivity contribution in [2.75, 3.05) is 38.0 Å². The third-order valence-corrected chi connectivity index (χ3v) is 4.74. The van der Waals surface area contributed by atoms with Crippen molar-refractivity contribution in [2.24, 2.45) is 0 Å². The van der Waals surface area contributed by atoms with Gasteiger partial charge in [-0.25, -0.2) is 0 Å². The quantitative estimate of drug-likeness (QED) is 0.861. The molecule has 0 spiro atoms. The molecule has 4 nitrogen and oxygen atoms in total. The van der Waals surface area contributed by atoms with Crippen LogP contribution in [-0.2, 0) is 11.3 Å². The maximum atomic E-state index is 12.2. The number of piperazine rings is 1. The van der Waals surface area contributed by atoms with Crippen molar-refractivity contribution >= 4 is 34.8 Å². The van der Waals surface area contributed by atoms with Crippen LogP contribution >= 0.6 is 23.2 Å². The van der Waals surface area contributed by atoms with Gasteiger partial charge in [0, 0.05) is 48.5 Å². The zero-order valence-corrected chi connectivity index (χ0v) is 15.4. The molecule has 1 aliphatic rings. The standard InChI is InChI=1S/C19H21Cl2N3O/c20-16-4-6-18(7-5-16)22-19(25)14-24-10-8-23(9-11-24)13-15-2-1-3-17(21)12-15/h1-7,12H,8-11,13-14H2,(H,22,25). The molecule has 1 heterocycles. The van der Waals surface area contributed by atoms with Gasteiger partial charge in [-0.3, -0.25) is 14.6 Å². The third kappa shape index (κ3) is 5.72. The van der Waals surface area contributed by atoms with Crippen LogP contribution in [-0.4, -0.2) is 48.4 Å². The van der Waals surface area contributed by atoms with Gasteiger partial charge in [0.2, 0.25) is 5.91 Å². The Morgan fingerprint density at radius 2 is 1.60 bits per heavy atom. The summed E-state index contributed by atoms with van der Waals surface area (Å²) in [6.07, 6.45) is 0. The summed E-state index contributed by atoms with van der Waals surface area (Å²) in [5, 5.41) is 4.34. The minimum Gasteiger partial charge on any atom is -0.325 e. The van der Waals surface area contributed by atoms with Crippen molar-refractivity contribution in [1.29, 1.82) is 0 Å². The molecule has 2 aromatic rings. The Hall–Kier alpha value is -1.59. The first-order valence-electron chi connectivity index (χ1n) is 8.33. The molecule has 0 unspecified atom stereocenters. The fourth-order valence-electron chi connectivity index (χ4n) is 2.94. The van der Waals surface area contributed by atoms with E-state index in [4.69, 9.17) is 23.2 Å². The van der Waals surface area contributed by atoms with Gasteiger partial charge in [0.05, 0.1) is 6.54 Å². The van der Waals surface area contributed by atoms with Gasteiger partial charge in [-0.05, 0) is 42.0 Å². The second kappa shape index (κ2) is 8.68. The molecule has 0 atom stereocenters. The number of carbonyl (C=O) groups excluding carboxylic acids is 1. The van der Waals surface area contributed by atoms with Crippen molar-refractivity contribution < 1.29 is 4.79 Å². The first-order chi connectivity index (χ1) is 12.1. The molecule has 1 N–H and O–H groups in total. The van der Waals surface area contributed by atoms with Gasteiger partial charge in [0.25, 0.3) is 0 Å². The number of hydrogen-bond acceptors (Lipinski definition) is 3. The Morgan fingerprint density at radius 3 is 2.28 bits per heavy atom. The monoisotopic (exact) mass is 377 g/mol. The van der Waals surface area contributed by atoms with Crippen LogP contribution in [0.4, 0.5) is 5.69 Å². The molecule has 1 fully saturated rings. The van der Waals surface area contributed by atoms with Crippen LogP contribution in [0.15, 0.2) is 48.5 Å². The second-order valence-electron chi connectivity index (χ2n) is 6.24. The minimum atomic E-state index is 0.00520. The summed E-state index contributed by atoms with van der Waals surface area (Å²) < 4.78 is 0. The summed E-state index contributed by atoms with van der Waals surface area (Å²) in [5.41, 5.74) is 2.00. The van der Waals surface area contributed by atoms with Gasteiger partial charge >= 0.3 is 0 Å². The molecule has 0 aromatic heterocycles. The van der Waals surface area contributed by atoms with Gasteiger partial charge in [0.15, 0.2) is 0 Å². The summed E-state index contributed by atoms with van der Waals surface area (Å²) in [7, 11) is 0. The predicted molar refractivity (Wildman–Crippen MR) is 103 cm³/mol.